The molecule has 4 nitrogen and oxygen atoms in total. The molecule has 3 aromatic rings. The zero-order chi connectivity index (χ0) is 12.5. The third-order valence-electron chi connectivity index (χ3n) is 2.75. The Labute approximate surface area is 118 Å². The Kier molecular flexibility index (Phi) is 2.91. The summed E-state index contributed by atoms with van der Waals surface area (Å²) in [6, 6.07) is 5.93. The van der Waals surface area contributed by atoms with E-state index in [9.17, 15) is 0 Å². The fourth-order valence-corrected chi connectivity index (χ4v) is 2.76. The van der Waals surface area contributed by atoms with Gasteiger partial charge in [0.1, 0.15) is 0 Å². The van der Waals surface area contributed by atoms with Gasteiger partial charge in [0.05, 0.1) is 29.9 Å². The van der Waals surface area contributed by atoms with Crippen molar-refractivity contribution in [3.8, 4) is 11.6 Å². The fraction of sp³-hybridized carbons (Fsp3) is 0.0769. The van der Waals surface area contributed by atoms with Crippen LogP contribution in [-0.2, 0) is 0 Å². The van der Waals surface area contributed by atoms with Crippen LogP contribution in [0.15, 0.2) is 43.0 Å². The highest BCUT2D eigenvalue weighted by Crippen LogP contribution is 2.31. The summed E-state index contributed by atoms with van der Waals surface area (Å²) in [5, 5.41) is 1.03. The van der Waals surface area contributed by atoms with Gasteiger partial charge in [0, 0.05) is 22.2 Å². The average molecular weight is 351 g/mol. The molecule has 0 saturated heterocycles. The lowest BCUT2D eigenvalue weighted by Gasteiger charge is -2.05. The van der Waals surface area contributed by atoms with Gasteiger partial charge < -0.3 is 9.30 Å². The number of ether oxygens (including phenoxy) is 1. The zero-order valence-electron chi connectivity index (χ0n) is 9.67. The van der Waals surface area contributed by atoms with Crippen LogP contribution in [-0.4, -0.2) is 21.6 Å². The highest BCUT2D eigenvalue weighted by Gasteiger charge is 2.13. The Bertz CT molecular complexity index is 694. The predicted molar refractivity (Wildman–Crippen MR) is 78.1 cm³/mol. The Morgan fingerprint density at radius 1 is 1.28 bits per heavy atom. The minimum absolute atomic E-state index is 0.652. The zero-order valence-corrected chi connectivity index (χ0v) is 11.8. The van der Waals surface area contributed by atoms with Crippen molar-refractivity contribution >= 4 is 33.5 Å². The van der Waals surface area contributed by atoms with Crippen molar-refractivity contribution in [2.75, 3.05) is 7.11 Å². The minimum atomic E-state index is 0.652. The Morgan fingerprint density at radius 2 is 2.17 bits per heavy atom. The van der Waals surface area contributed by atoms with Crippen molar-refractivity contribution in [1.29, 1.82) is 0 Å². The van der Waals surface area contributed by atoms with Gasteiger partial charge in [-0.15, -0.1) is 0 Å². The molecule has 3 aromatic heterocycles. The number of methoxy groups -OCH3 is 1. The maximum absolute atomic E-state index is 5.31. The number of nitrogens with zero attached hydrogens (tertiary/aromatic N) is 3. The monoisotopic (exact) mass is 351 g/mol. The van der Waals surface area contributed by atoms with Crippen LogP contribution in [0.5, 0.6) is 5.88 Å². The molecule has 0 radical (unpaired) electrons. The third kappa shape index (κ3) is 1.74. The number of halogens is 1. The number of pyridine rings is 2. The standard InChI is InChI=1S/C13H10IN3O/c1-18-13-12-10(14)8-17(11(12)4-6-16-13)9-3-2-5-15-7-9/h2-8H,1H3. The van der Waals surface area contributed by atoms with Crippen LogP contribution in [0, 0.1) is 3.57 Å². The molecule has 0 unspecified atom stereocenters. The topological polar surface area (TPSA) is 39.9 Å². The van der Waals surface area contributed by atoms with E-state index in [1.54, 1.807) is 19.5 Å². The molecule has 0 aromatic carbocycles. The summed E-state index contributed by atoms with van der Waals surface area (Å²) in [6.07, 6.45) is 7.42. The molecule has 3 rings (SSSR count). The van der Waals surface area contributed by atoms with E-state index < -0.39 is 0 Å². The molecule has 0 aliphatic rings. The molecule has 0 amide bonds. The first-order chi connectivity index (χ1) is 8.81. The summed E-state index contributed by atoms with van der Waals surface area (Å²) >= 11 is 2.29. The fourth-order valence-electron chi connectivity index (χ4n) is 1.97. The summed E-state index contributed by atoms with van der Waals surface area (Å²) in [5.74, 6) is 0.652. The van der Waals surface area contributed by atoms with Gasteiger partial charge in [0.25, 0.3) is 0 Å². The first kappa shape index (κ1) is 11.5. The highest BCUT2D eigenvalue weighted by molar-refractivity contribution is 14.1. The summed E-state index contributed by atoms with van der Waals surface area (Å²) < 4.78 is 8.51. The lowest BCUT2D eigenvalue weighted by Crippen LogP contribution is -1.93. The van der Waals surface area contributed by atoms with Crippen LogP contribution in [0.25, 0.3) is 16.6 Å². The van der Waals surface area contributed by atoms with E-state index in [2.05, 4.69) is 43.3 Å². The second-order valence-corrected chi connectivity index (χ2v) is 4.93. The minimum Gasteiger partial charge on any atom is -0.480 e. The third-order valence-corrected chi connectivity index (χ3v) is 3.57. The van der Waals surface area contributed by atoms with Gasteiger partial charge in [-0.2, -0.15) is 0 Å². The lowest BCUT2D eigenvalue weighted by molar-refractivity contribution is 0.403. The SMILES string of the molecule is COc1nccc2c1c(I)cn2-c1cccnc1. The maximum atomic E-state index is 5.31. The van der Waals surface area contributed by atoms with Crippen molar-refractivity contribution < 1.29 is 4.74 Å². The van der Waals surface area contributed by atoms with E-state index in [1.807, 2.05) is 24.4 Å². The molecule has 0 bridgehead atoms. The molecule has 0 fully saturated rings. The van der Waals surface area contributed by atoms with E-state index in [-0.39, 0.29) is 0 Å². The van der Waals surface area contributed by atoms with Crippen molar-refractivity contribution in [3.05, 3.63) is 46.6 Å². The largest absolute Gasteiger partial charge is 0.480 e. The van der Waals surface area contributed by atoms with Crippen molar-refractivity contribution in [2.24, 2.45) is 0 Å². The number of fused-ring (bicyclic) bond motifs is 1. The van der Waals surface area contributed by atoms with Gasteiger partial charge in [-0.05, 0) is 40.8 Å². The van der Waals surface area contributed by atoms with Crippen molar-refractivity contribution in [2.45, 2.75) is 0 Å². The van der Waals surface area contributed by atoms with Gasteiger partial charge in [0.15, 0.2) is 0 Å². The number of hydrogen-bond acceptors (Lipinski definition) is 3. The lowest BCUT2D eigenvalue weighted by atomic mass is 10.3. The molecule has 5 heteroatoms. The summed E-state index contributed by atoms with van der Waals surface area (Å²) in [5.41, 5.74) is 2.10. The van der Waals surface area contributed by atoms with Gasteiger partial charge in [0.2, 0.25) is 5.88 Å². The molecular weight excluding hydrogens is 341 g/mol. The molecule has 0 atom stereocenters. The molecule has 18 heavy (non-hydrogen) atoms. The molecule has 3 heterocycles. The molecule has 90 valence electrons. The van der Waals surface area contributed by atoms with Gasteiger partial charge >= 0.3 is 0 Å². The molecule has 0 N–H and O–H groups in total. The van der Waals surface area contributed by atoms with Gasteiger partial charge in [-0.1, -0.05) is 0 Å². The highest BCUT2D eigenvalue weighted by atomic mass is 127. The van der Waals surface area contributed by atoms with Crippen LogP contribution in [0.4, 0.5) is 0 Å². The molecule has 0 aliphatic heterocycles. The van der Waals surface area contributed by atoms with Crippen molar-refractivity contribution in [3.63, 3.8) is 0 Å². The van der Waals surface area contributed by atoms with E-state index in [0.717, 1.165) is 20.2 Å². The van der Waals surface area contributed by atoms with Crippen LogP contribution in [0.3, 0.4) is 0 Å². The Morgan fingerprint density at radius 3 is 2.89 bits per heavy atom. The molecule has 0 saturated carbocycles. The van der Waals surface area contributed by atoms with Crippen LogP contribution >= 0.6 is 22.6 Å². The van der Waals surface area contributed by atoms with E-state index in [1.165, 1.54) is 0 Å². The Hall–Kier alpha value is -1.63. The van der Waals surface area contributed by atoms with E-state index >= 15 is 0 Å². The summed E-state index contributed by atoms with van der Waals surface area (Å²) in [7, 11) is 1.64. The van der Waals surface area contributed by atoms with Crippen molar-refractivity contribution in [1.82, 2.24) is 14.5 Å². The Balaban J connectivity index is 2.33. The number of hydrogen-bond donors (Lipinski definition) is 0. The molecule has 0 spiro atoms. The van der Waals surface area contributed by atoms with Crippen LogP contribution in [0.2, 0.25) is 0 Å². The number of aromatic nitrogens is 3. The average Bonchev–Trinajstić information content (AvgIpc) is 2.77. The summed E-state index contributed by atoms with van der Waals surface area (Å²) in [6.45, 7) is 0. The molecule has 0 aliphatic carbocycles. The van der Waals surface area contributed by atoms with E-state index in [0.29, 0.717) is 5.88 Å². The molecular formula is C13H10IN3O. The van der Waals surface area contributed by atoms with Crippen LogP contribution in [0.1, 0.15) is 0 Å². The van der Waals surface area contributed by atoms with Gasteiger partial charge in [-0.25, -0.2) is 4.98 Å². The first-order valence-electron chi connectivity index (χ1n) is 5.41. The van der Waals surface area contributed by atoms with Crippen LogP contribution < -0.4 is 4.74 Å². The normalized spacial score (nSPS) is 10.8. The number of rotatable bonds is 2. The second-order valence-electron chi connectivity index (χ2n) is 3.77. The predicted octanol–water partition coefficient (Wildman–Crippen LogP) is 3.03. The van der Waals surface area contributed by atoms with E-state index in [4.69, 9.17) is 4.74 Å². The maximum Gasteiger partial charge on any atom is 0.223 e. The quantitative estimate of drug-likeness (QED) is 0.667. The smallest absolute Gasteiger partial charge is 0.223 e. The van der Waals surface area contributed by atoms with Gasteiger partial charge in [-0.3, -0.25) is 4.98 Å². The summed E-state index contributed by atoms with van der Waals surface area (Å²) in [4.78, 5) is 8.39. The second kappa shape index (κ2) is 4.56. The first-order valence-corrected chi connectivity index (χ1v) is 6.49.